The summed E-state index contributed by atoms with van der Waals surface area (Å²) in [5.74, 6) is 0. The summed E-state index contributed by atoms with van der Waals surface area (Å²) in [6.45, 7) is 3.60. The van der Waals surface area contributed by atoms with Crippen LogP contribution in [0, 0.1) is 0 Å². The molecule has 0 saturated carbocycles. The molecule has 0 aromatic carbocycles. The Balaban J connectivity index is 2.96. The van der Waals surface area contributed by atoms with Gasteiger partial charge in [-0.2, -0.15) is 0 Å². The zero-order chi connectivity index (χ0) is 8.43. The van der Waals surface area contributed by atoms with Crippen LogP contribution >= 0.6 is 31.9 Å². The highest BCUT2D eigenvalue weighted by atomic mass is 79.9. The van der Waals surface area contributed by atoms with Gasteiger partial charge in [-0.3, -0.25) is 0 Å². The number of nitrogens with two attached hydrogens (primary N) is 1. The molecule has 4 heteroatoms. The maximum absolute atomic E-state index is 5.69. The van der Waals surface area contributed by atoms with Gasteiger partial charge in [0.05, 0.1) is 15.1 Å². The van der Waals surface area contributed by atoms with Crippen LogP contribution in [0.5, 0.6) is 0 Å². The van der Waals surface area contributed by atoms with Gasteiger partial charge >= 0.3 is 0 Å². The summed E-state index contributed by atoms with van der Waals surface area (Å²) in [5, 5.41) is 0. The molecular weight excluding hydrogens is 272 g/mol. The number of H-pyrrole nitrogens is 1. The summed E-state index contributed by atoms with van der Waals surface area (Å²) < 4.78 is 1.88. The van der Waals surface area contributed by atoms with E-state index in [2.05, 4.69) is 43.4 Å². The maximum Gasteiger partial charge on any atom is 0.0966 e. The van der Waals surface area contributed by atoms with Crippen LogP contribution in [0.3, 0.4) is 0 Å². The van der Waals surface area contributed by atoms with Crippen LogP contribution < -0.4 is 5.73 Å². The zero-order valence-electron chi connectivity index (χ0n) is 5.77. The SMILES string of the molecule is C=C[C@@H](N)c1cc(Br)c(Br)[nH]1. The second kappa shape index (κ2) is 3.56. The predicted octanol–water partition coefficient (Wildman–Crippen LogP) is 2.73. The molecule has 0 aliphatic heterocycles. The lowest BCUT2D eigenvalue weighted by Gasteiger charge is -2.00. The molecule has 1 aromatic rings. The molecule has 1 rings (SSSR count). The summed E-state index contributed by atoms with van der Waals surface area (Å²) in [4.78, 5) is 3.07. The Morgan fingerprint density at radius 3 is 2.64 bits per heavy atom. The Morgan fingerprint density at radius 1 is 1.64 bits per heavy atom. The third-order valence-corrected chi connectivity index (χ3v) is 3.14. The largest absolute Gasteiger partial charge is 0.351 e. The van der Waals surface area contributed by atoms with Gasteiger partial charge in [0, 0.05) is 5.69 Å². The molecule has 0 aliphatic rings. The second-order valence-corrected chi connectivity index (χ2v) is 3.80. The average Bonchev–Trinajstić information content (AvgIpc) is 2.31. The first-order chi connectivity index (χ1) is 5.15. The summed E-state index contributed by atoms with van der Waals surface area (Å²) >= 11 is 6.67. The van der Waals surface area contributed by atoms with Crippen molar-refractivity contribution < 1.29 is 0 Å². The Morgan fingerprint density at radius 2 is 2.27 bits per heavy atom. The van der Waals surface area contributed by atoms with Gasteiger partial charge in [0.2, 0.25) is 0 Å². The van der Waals surface area contributed by atoms with E-state index < -0.39 is 0 Å². The average molecular weight is 280 g/mol. The van der Waals surface area contributed by atoms with Crippen LogP contribution in [-0.4, -0.2) is 4.98 Å². The standard InChI is InChI=1S/C7H8Br2N2/c1-2-5(10)6-3-4(8)7(9)11-6/h2-3,5,11H,1,10H2/t5-/m1/s1. The summed E-state index contributed by atoms with van der Waals surface area (Å²) in [7, 11) is 0. The highest BCUT2D eigenvalue weighted by Crippen LogP contribution is 2.25. The minimum absolute atomic E-state index is 0.127. The van der Waals surface area contributed by atoms with Crippen LogP contribution in [0.15, 0.2) is 27.8 Å². The predicted molar refractivity (Wildman–Crippen MR) is 53.3 cm³/mol. The van der Waals surface area contributed by atoms with Crippen molar-refractivity contribution in [1.29, 1.82) is 0 Å². The Labute approximate surface area is 82.1 Å². The molecule has 1 atom stereocenters. The molecular formula is C7H8Br2N2. The van der Waals surface area contributed by atoms with Gasteiger partial charge in [-0.1, -0.05) is 6.08 Å². The minimum Gasteiger partial charge on any atom is -0.351 e. The van der Waals surface area contributed by atoms with E-state index in [1.54, 1.807) is 6.08 Å². The van der Waals surface area contributed by atoms with Crippen molar-refractivity contribution in [2.24, 2.45) is 5.73 Å². The summed E-state index contributed by atoms with van der Waals surface area (Å²) in [6.07, 6.45) is 1.69. The third kappa shape index (κ3) is 1.95. The maximum atomic E-state index is 5.69. The van der Waals surface area contributed by atoms with Crippen LogP contribution in [0.4, 0.5) is 0 Å². The van der Waals surface area contributed by atoms with Gasteiger partial charge in [0.15, 0.2) is 0 Å². The van der Waals surface area contributed by atoms with E-state index in [9.17, 15) is 0 Å². The van der Waals surface area contributed by atoms with Gasteiger partial charge in [0.25, 0.3) is 0 Å². The van der Waals surface area contributed by atoms with E-state index in [1.807, 2.05) is 6.07 Å². The molecule has 1 heterocycles. The number of nitrogens with one attached hydrogen (secondary N) is 1. The first kappa shape index (κ1) is 9.03. The van der Waals surface area contributed by atoms with Crippen LogP contribution in [-0.2, 0) is 0 Å². The molecule has 2 nitrogen and oxygen atoms in total. The zero-order valence-corrected chi connectivity index (χ0v) is 8.94. The van der Waals surface area contributed by atoms with Crippen LogP contribution in [0.2, 0.25) is 0 Å². The molecule has 0 amide bonds. The normalized spacial score (nSPS) is 13.0. The molecule has 60 valence electrons. The second-order valence-electron chi connectivity index (χ2n) is 2.15. The van der Waals surface area contributed by atoms with Gasteiger partial charge in [-0.25, -0.2) is 0 Å². The van der Waals surface area contributed by atoms with Crippen molar-refractivity contribution in [3.8, 4) is 0 Å². The van der Waals surface area contributed by atoms with Gasteiger partial charge < -0.3 is 10.7 Å². The lowest BCUT2D eigenvalue weighted by molar-refractivity contribution is 0.873. The van der Waals surface area contributed by atoms with E-state index >= 15 is 0 Å². The van der Waals surface area contributed by atoms with Crippen LogP contribution in [0.1, 0.15) is 11.7 Å². The number of hydrogen-bond donors (Lipinski definition) is 2. The quantitative estimate of drug-likeness (QED) is 0.803. The van der Waals surface area contributed by atoms with Crippen molar-refractivity contribution in [2.45, 2.75) is 6.04 Å². The third-order valence-electron chi connectivity index (χ3n) is 1.36. The first-order valence-electron chi connectivity index (χ1n) is 3.07. The molecule has 0 saturated heterocycles. The van der Waals surface area contributed by atoms with Crippen molar-refractivity contribution in [1.82, 2.24) is 4.98 Å². The molecule has 11 heavy (non-hydrogen) atoms. The Bertz CT molecular complexity index is 248. The molecule has 0 unspecified atom stereocenters. The van der Waals surface area contributed by atoms with Crippen molar-refractivity contribution in [2.75, 3.05) is 0 Å². The van der Waals surface area contributed by atoms with Gasteiger partial charge in [-0.05, 0) is 37.9 Å². The van der Waals surface area contributed by atoms with Crippen LogP contribution in [0.25, 0.3) is 0 Å². The van der Waals surface area contributed by atoms with Gasteiger partial charge in [0.1, 0.15) is 0 Å². The molecule has 0 spiro atoms. The summed E-state index contributed by atoms with van der Waals surface area (Å²) in [6, 6.07) is 1.80. The van der Waals surface area contributed by atoms with Crippen molar-refractivity contribution in [3.63, 3.8) is 0 Å². The number of halogens is 2. The van der Waals surface area contributed by atoms with E-state index in [4.69, 9.17) is 5.73 Å². The van der Waals surface area contributed by atoms with Crippen molar-refractivity contribution >= 4 is 31.9 Å². The highest BCUT2D eigenvalue weighted by Gasteiger charge is 2.06. The smallest absolute Gasteiger partial charge is 0.0966 e. The number of rotatable bonds is 2. The molecule has 1 aromatic heterocycles. The minimum atomic E-state index is -0.127. The van der Waals surface area contributed by atoms with E-state index in [-0.39, 0.29) is 6.04 Å². The molecule has 3 N–H and O–H groups in total. The molecule has 0 aliphatic carbocycles. The van der Waals surface area contributed by atoms with Gasteiger partial charge in [-0.15, -0.1) is 6.58 Å². The molecule has 0 fully saturated rings. The number of hydrogen-bond acceptors (Lipinski definition) is 1. The number of aromatic amines is 1. The Kier molecular flexibility index (Phi) is 2.92. The van der Waals surface area contributed by atoms with E-state index in [1.165, 1.54) is 0 Å². The fraction of sp³-hybridized carbons (Fsp3) is 0.143. The summed E-state index contributed by atoms with van der Waals surface area (Å²) in [5.41, 5.74) is 6.63. The van der Waals surface area contributed by atoms with E-state index in [0.29, 0.717) is 0 Å². The highest BCUT2D eigenvalue weighted by molar-refractivity contribution is 9.13. The fourth-order valence-electron chi connectivity index (χ4n) is 0.729. The number of aromatic nitrogens is 1. The Hall–Kier alpha value is -0.0600. The molecule has 0 radical (unpaired) electrons. The lowest BCUT2D eigenvalue weighted by atomic mass is 10.2. The fourth-order valence-corrected chi connectivity index (χ4v) is 1.42. The lowest BCUT2D eigenvalue weighted by Crippen LogP contribution is -2.06. The first-order valence-corrected chi connectivity index (χ1v) is 4.65. The van der Waals surface area contributed by atoms with Crippen molar-refractivity contribution in [3.05, 3.63) is 33.5 Å². The monoisotopic (exact) mass is 278 g/mol. The van der Waals surface area contributed by atoms with E-state index in [0.717, 1.165) is 14.8 Å². The topological polar surface area (TPSA) is 41.8 Å². The molecule has 0 bridgehead atoms.